The molecular formula is C54H58N6O4. The Labute approximate surface area is 375 Å². The van der Waals surface area contributed by atoms with Crippen LogP contribution in [0.2, 0.25) is 0 Å². The highest BCUT2D eigenvalue weighted by Gasteiger charge is 2.48. The van der Waals surface area contributed by atoms with Crippen LogP contribution in [0.3, 0.4) is 0 Å². The molecule has 2 aromatic carbocycles. The van der Waals surface area contributed by atoms with Gasteiger partial charge in [-0.2, -0.15) is 0 Å². The molecule has 0 spiro atoms. The molecule has 6 aromatic rings. The number of Topliss-reactive ketones (excluding diaryl/α,β-unsaturated/α-hetero) is 2. The van der Waals surface area contributed by atoms with Gasteiger partial charge >= 0.3 is 0 Å². The number of rotatable bonds is 8. The molecule has 10 heteroatoms. The second kappa shape index (κ2) is 18.4. The fraction of sp³-hybridized carbons (Fsp3) is 0.370. The van der Waals surface area contributed by atoms with Gasteiger partial charge in [-0.25, -0.2) is 0 Å². The van der Waals surface area contributed by atoms with Crippen molar-refractivity contribution < 1.29 is 19.2 Å². The topological polar surface area (TPSA) is 128 Å². The van der Waals surface area contributed by atoms with Gasteiger partial charge in [0.05, 0.1) is 33.9 Å². The van der Waals surface area contributed by atoms with Crippen molar-refractivity contribution in [3.8, 4) is 0 Å². The van der Waals surface area contributed by atoms with E-state index in [0.717, 1.165) is 87.2 Å². The molecule has 0 bridgehead atoms. The molecule has 10 nitrogen and oxygen atoms in total. The van der Waals surface area contributed by atoms with Crippen LogP contribution in [0.5, 0.6) is 0 Å². The molecule has 0 saturated heterocycles. The summed E-state index contributed by atoms with van der Waals surface area (Å²) < 4.78 is 4.56. The van der Waals surface area contributed by atoms with Gasteiger partial charge < -0.3 is 19.8 Å². The number of hydrogen-bond acceptors (Lipinski definition) is 6. The lowest BCUT2D eigenvalue weighted by Gasteiger charge is -2.43. The number of ketones is 2. The number of pyridine rings is 2. The maximum atomic E-state index is 13.1. The maximum Gasteiger partial charge on any atom is 0.257 e. The molecule has 4 atom stereocenters. The number of nitrogens with one attached hydrogen (secondary N) is 2. The monoisotopic (exact) mass is 854 g/mol. The molecule has 2 aliphatic heterocycles. The van der Waals surface area contributed by atoms with Crippen LogP contribution in [0.1, 0.15) is 119 Å². The smallest absolute Gasteiger partial charge is 0.257 e. The molecule has 2 N–H and O–H groups in total. The van der Waals surface area contributed by atoms with E-state index in [-0.39, 0.29) is 22.6 Å². The first-order chi connectivity index (χ1) is 31.1. The SMILES string of the molecule is Cc1ncccc1NC(=O)c1cc2n(c1)CCC[C@@H]1CC(=O)CC[C@]21Cc1ccccc1.Cc1ncccc1NC(=O)c1cc2n(c1)CCC[C@H]1CC(=O)CC[C@@]21Cc1ccccc1. The summed E-state index contributed by atoms with van der Waals surface area (Å²) in [6.07, 6.45) is 17.6. The molecule has 2 fully saturated rings. The molecule has 10 rings (SSSR count). The second-order valence-corrected chi connectivity index (χ2v) is 18.6. The number of hydrogen-bond donors (Lipinski definition) is 2. The lowest BCUT2D eigenvalue weighted by Crippen LogP contribution is -2.43. The fourth-order valence-electron chi connectivity index (χ4n) is 11.4. The normalized spacial score (nSPS) is 22.5. The number of anilines is 2. The fourth-order valence-corrected chi connectivity index (χ4v) is 11.4. The standard InChI is InChI=1S/2C27H29N3O2/c2*1-19-24(10-5-13-28-19)29-26(32)21-15-25-27(17-20-7-3-2-4-8-20)12-11-23(31)16-22(27)9-6-14-30(25)18-21/h2*2-5,7-8,10,13,15,18,22H,6,9,11-12,14,16-17H2,1H3,(H,29,32)/t2*22-,27-/m10/s1. The number of nitrogens with zero attached hydrogens (tertiary/aromatic N) is 4. The molecular weight excluding hydrogens is 797 g/mol. The van der Waals surface area contributed by atoms with E-state index < -0.39 is 0 Å². The summed E-state index contributed by atoms with van der Waals surface area (Å²) in [5.74, 6) is 1.17. The average Bonchev–Trinajstić information content (AvgIpc) is 3.87. The van der Waals surface area contributed by atoms with Crippen molar-refractivity contribution in [2.24, 2.45) is 11.8 Å². The summed E-state index contributed by atoms with van der Waals surface area (Å²) in [5, 5.41) is 6.05. The van der Waals surface area contributed by atoms with Gasteiger partial charge in [0, 0.05) is 85.8 Å². The zero-order chi connectivity index (χ0) is 44.3. The van der Waals surface area contributed by atoms with E-state index in [0.29, 0.717) is 60.2 Å². The predicted octanol–water partition coefficient (Wildman–Crippen LogP) is 10.2. The minimum absolute atomic E-state index is 0.111. The van der Waals surface area contributed by atoms with E-state index in [4.69, 9.17) is 0 Å². The largest absolute Gasteiger partial charge is 0.350 e. The highest BCUT2D eigenvalue weighted by atomic mass is 16.2. The van der Waals surface area contributed by atoms with Gasteiger partial charge in [0.2, 0.25) is 0 Å². The maximum absolute atomic E-state index is 13.1. The number of benzene rings is 2. The van der Waals surface area contributed by atoms with E-state index in [9.17, 15) is 19.2 Å². The third kappa shape index (κ3) is 8.75. The Balaban J connectivity index is 0.000000162. The van der Waals surface area contributed by atoms with E-state index in [1.165, 1.54) is 22.5 Å². The first-order valence-corrected chi connectivity index (χ1v) is 23.1. The zero-order valence-electron chi connectivity index (χ0n) is 37.0. The van der Waals surface area contributed by atoms with Crippen LogP contribution in [0.4, 0.5) is 11.4 Å². The van der Waals surface area contributed by atoms with E-state index in [2.05, 4.69) is 90.4 Å². The van der Waals surface area contributed by atoms with Crippen LogP contribution >= 0.6 is 0 Å². The first-order valence-electron chi connectivity index (χ1n) is 23.1. The molecule has 2 saturated carbocycles. The summed E-state index contributed by atoms with van der Waals surface area (Å²) in [6, 6.07) is 32.7. The summed E-state index contributed by atoms with van der Waals surface area (Å²) in [7, 11) is 0. The van der Waals surface area contributed by atoms with E-state index in [1.807, 2.05) is 62.6 Å². The molecule has 4 aromatic heterocycles. The molecule has 4 aliphatic rings. The molecule has 0 unspecified atom stereocenters. The Kier molecular flexibility index (Phi) is 12.3. The Morgan fingerprint density at radius 1 is 0.609 bits per heavy atom. The summed E-state index contributed by atoms with van der Waals surface area (Å²) in [5.41, 5.74) is 9.19. The Morgan fingerprint density at radius 3 is 1.44 bits per heavy atom. The number of amides is 2. The highest BCUT2D eigenvalue weighted by molar-refractivity contribution is 6.05. The van der Waals surface area contributed by atoms with Crippen molar-refractivity contribution in [2.75, 3.05) is 10.6 Å². The number of aromatic nitrogens is 4. The number of fused-ring (bicyclic) bond motifs is 6. The number of aryl methyl sites for hydroxylation is 4. The van der Waals surface area contributed by atoms with Gasteiger partial charge in [0.25, 0.3) is 11.8 Å². The van der Waals surface area contributed by atoms with Gasteiger partial charge in [-0.3, -0.25) is 29.1 Å². The third-order valence-electron chi connectivity index (χ3n) is 14.7. The van der Waals surface area contributed by atoms with Gasteiger partial charge in [0.15, 0.2) is 0 Å². The lowest BCUT2D eigenvalue weighted by atomic mass is 9.60. The zero-order valence-corrected chi connectivity index (χ0v) is 37.0. The second-order valence-electron chi connectivity index (χ2n) is 18.6. The highest BCUT2D eigenvalue weighted by Crippen LogP contribution is 2.51. The van der Waals surface area contributed by atoms with Crippen molar-refractivity contribution in [1.82, 2.24) is 19.1 Å². The van der Waals surface area contributed by atoms with Crippen molar-refractivity contribution in [2.45, 2.75) is 115 Å². The van der Waals surface area contributed by atoms with E-state index in [1.54, 1.807) is 12.4 Å². The number of carbonyl (C=O) groups is 4. The molecule has 6 heterocycles. The van der Waals surface area contributed by atoms with Crippen molar-refractivity contribution in [1.29, 1.82) is 0 Å². The van der Waals surface area contributed by atoms with Crippen LogP contribution < -0.4 is 10.6 Å². The Morgan fingerprint density at radius 2 is 1.03 bits per heavy atom. The van der Waals surface area contributed by atoms with Crippen LogP contribution in [0.25, 0.3) is 0 Å². The Bertz CT molecular complexity index is 2480. The summed E-state index contributed by atoms with van der Waals surface area (Å²) >= 11 is 0. The third-order valence-corrected chi connectivity index (χ3v) is 14.7. The van der Waals surface area contributed by atoms with Crippen LogP contribution in [-0.4, -0.2) is 42.5 Å². The van der Waals surface area contributed by atoms with Crippen molar-refractivity contribution >= 4 is 34.8 Å². The van der Waals surface area contributed by atoms with Crippen LogP contribution in [0, 0.1) is 25.7 Å². The summed E-state index contributed by atoms with van der Waals surface area (Å²) in [6.45, 7) is 5.55. The minimum Gasteiger partial charge on any atom is -0.350 e. The lowest BCUT2D eigenvalue weighted by molar-refractivity contribution is -0.124. The Hall–Kier alpha value is -6.42. The molecule has 2 aliphatic carbocycles. The summed E-state index contributed by atoms with van der Waals surface area (Å²) in [4.78, 5) is 59.6. The predicted molar refractivity (Wildman–Crippen MR) is 250 cm³/mol. The molecule has 328 valence electrons. The van der Waals surface area contributed by atoms with Gasteiger partial charge in [-0.1, -0.05) is 60.7 Å². The average molecular weight is 855 g/mol. The van der Waals surface area contributed by atoms with Gasteiger partial charge in [-0.05, 0) is 125 Å². The van der Waals surface area contributed by atoms with Gasteiger partial charge in [-0.15, -0.1) is 0 Å². The minimum atomic E-state index is -0.117. The van der Waals surface area contributed by atoms with Gasteiger partial charge in [0.1, 0.15) is 11.6 Å². The number of carbonyl (C=O) groups excluding carboxylic acids is 4. The van der Waals surface area contributed by atoms with Crippen molar-refractivity contribution in [3.05, 3.63) is 167 Å². The van der Waals surface area contributed by atoms with Crippen molar-refractivity contribution in [3.63, 3.8) is 0 Å². The van der Waals surface area contributed by atoms with Crippen LogP contribution in [0.15, 0.2) is 122 Å². The molecule has 64 heavy (non-hydrogen) atoms. The van der Waals surface area contributed by atoms with E-state index >= 15 is 0 Å². The van der Waals surface area contributed by atoms with Crippen LogP contribution in [-0.2, 0) is 46.4 Å². The first kappa shape index (κ1) is 42.9. The quantitative estimate of drug-likeness (QED) is 0.157. The molecule has 0 radical (unpaired) electrons. The molecule has 2 amide bonds.